The second-order valence-corrected chi connectivity index (χ2v) is 5.18. The molecule has 0 aliphatic heterocycles. The molecule has 2 aromatic rings. The second-order valence-electron chi connectivity index (χ2n) is 4.74. The number of carbonyl (C=O) groups is 1. The number of nitrogens with zero attached hydrogens (tertiary/aromatic N) is 1. The van der Waals surface area contributed by atoms with E-state index in [9.17, 15) is 18.7 Å². The smallest absolute Gasteiger partial charge is 0.270 e. The van der Waals surface area contributed by atoms with E-state index >= 15 is 0 Å². The van der Waals surface area contributed by atoms with Gasteiger partial charge in [0.05, 0.1) is 17.2 Å². The number of benzene rings is 1. The molecular formula is C15H13ClF2N2O2. The molecule has 0 saturated heterocycles. The summed E-state index contributed by atoms with van der Waals surface area (Å²) >= 11 is 5.68. The van der Waals surface area contributed by atoms with Crippen LogP contribution in [0.4, 0.5) is 8.78 Å². The first kappa shape index (κ1) is 16.3. The third kappa shape index (κ3) is 3.78. The maximum atomic E-state index is 13.2. The first-order valence-corrected chi connectivity index (χ1v) is 6.81. The average Bonchev–Trinajstić information content (AvgIpc) is 2.49. The minimum Gasteiger partial charge on any atom is -0.386 e. The molecule has 0 aliphatic carbocycles. The Morgan fingerprint density at radius 1 is 1.27 bits per heavy atom. The van der Waals surface area contributed by atoms with Crippen molar-refractivity contribution in [1.82, 2.24) is 10.3 Å². The molecule has 22 heavy (non-hydrogen) atoms. The molecule has 0 radical (unpaired) electrons. The number of halogens is 3. The van der Waals surface area contributed by atoms with E-state index in [1.54, 1.807) is 6.92 Å². The molecule has 1 amide bonds. The van der Waals surface area contributed by atoms with Gasteiger partial charge in [-0.25, -0.2) is 13.8 Å². The van der Waals surface area contributed by atoms with Crippen molar-refractivity contribution in [2.75, 3.05) is 0 Å². The van der Waals surface area contributed by atoms with Crippen LogP contribution < -0.4 is 5.32 Å². The van der Waals surface area contributed by atoms with Crippen LogP contribution in [-0.2, 0) is 0 Å². The first-order valence-electron chi connectivity index (χ1n) is 6.44. The Hall–Kier alpha value is -2.05. The highest BCUT2D eigenvalue weighted by molar-refractivity contribution is 6.30. The van der Waals surface area contributed by atoms with Gasteiger partial charge in [-0.2, -0.15) is 0 Å². The van der Waals surface area contributed by atoms with Gasteiger partial charge in [0.1, 0.15) is 5.69 Å². The Morgan fingerprint density at radius 3 is 2.59 bits per heavy atom. The van der Waals surface area contributed by atoms with Crippen LogP contribution in [0.5, 0.6) is 0 Å². The summed E-state index contributed by atoms with van der Waals surface area (Å²) in [5.74, 6) is -2.57. The molecule has 4 nitrogen and oxygen atoms in total. The van der Waals surface area contributed by atoms with Gasteiger partial charge in [-0.15, -0.1) is 0 Å². The van der Waals surface area contributed by atoms with Crippen LogP contribution >= 0.6 is 11.6 Å². The summed E-state index contributed by atoms with van der Waals surface area (Å²) in [5.41, 5.74) is 0.296. The second kappa shape index (κ2) is 6.81. The van der Waals surface area contributed by atoms with Crippen molar-refractivity contribution in [1.29, 1.82) is 0 Å². The Bertz CT molecular complexity index is 680. The molecule has 0 spiro atoms. The van der Waals surface area contributed by atoms with Gasteiger partial charge >= 0.3 is 0 Å². The number of rotatable bonds is 4. The highest BCUT2D eigenvalue weighted by Crippen LogP contribution is 2.19. The number of amides is 1. The predicted octanol–water partition coefficient (Wildman–Crippen LogP) is 2.87. The van der Waals surface area contributed by atoms with Crippen LogP contribution in [0.3, 0.4) is 0 Å². The number of nitrogens with one attached hydrogen (secondary N) is 1. The van der Waals surface area contributed by atoms with Crippen molar-refractivity contribution in [3.8, 4) is 0 Å². The van der Waals surface area contributed by atoms with E-state index in [-0.39, 0.29) is 11.3 Å². The topological polar surface area (TPSA) is 62.2 Å². The number of aromatic nitrogens is 1. The highest BCUT2D eigenvalue weighted by atomic mass is 35.5. The molecule has 2 unspecified atom stereocenters. The summed E-state index contributed by atoms with van der Waals surface area (Å²) < 4.78 is 26.1. The molecule has 1 aromatic heterocycles. The number of aliphatic hydroxyl groups is 1. The van der Waals surface area contributed by atoms with Gasteiger partial charge in [-0.1, -0.05) is 17.7 Å². The molecule has 0 aliphatic rings. The van der Waals surface area contributed by atoms with E-state index in [4.69, 9.17) is 11.6 Å². The monoisotopic (exact) mass is 326 g/mol. The lowest BCUT2D eigenvalue weighted by molar-refractivity contribution is 0.0847. The Labute approximate surface area is 130 Å². The maximum Gasteiger partial charge on any atom is 0.270 e. The summed E-state index contributed by atoms with van der Waals surface area (Å²) in [4.78, 5) is 15.8. The number of hydrogen-bond donors (Lipinski definition) is 2. The van der Waals surface area contributed by atoms with Crippen molar-refractivity contribution in [2.24, 2.45) is 0 Å². The zero-order chi connectivity index (χ0) is 16.3. The van der Waals surface area contributed by atoms with E-state index in [1.807, 2.05) is 0 Å². The number of aliphatic hydroxyl groups excluding tert-OH is 1. The predicted molar refractivity (Wildman–Crippen MR) is 77.5 cm³/mol. The third-order valence-corrected chi connectivity index (χ3v) is 3.30. The van der Waals surface area contributed by atoms with Gasteiger partial charge in [-0.05, 0) is 36.8 Å². The van der Waals surface area contributed by atoms with Gasteiger partial charge in [0.25, 0.3) is 5.91 Å². The van der Waals surface area contributed by atoms with Crippen LogP contribution in [-0.4, -0.2) is 22.0 Å². The molecule has 2 N–H and O–H groups in total. The number of carbonyl (C=O) groups excluding carboxylic acids is 1. The fourth-order valence-electron chi connectivity index (χ4n) is 1.85. The molecule has 7 heteroatoms. The molecule has 2 rings (SSSR count). The van der Waals surface area contributed by atoms with Crippen molar-refractivity contribution >= 4 is 17.5 Å². The Morgan fingerprint density at radius 2 is 2.00 bits per heavy atom. The quantitative estimate of drug-likeness (QED) is 0.908. The summed E-state index contributed by atoms with van der Waals surface area (Å²) in [6, 6.07) is 5.29. The van der Waals surface area contributed by atoms with Gasteiger partial charge in [0.2, 0.25) is 0 Å². The van der Waals surface area contributed by atoms with E-state index < -0.39 is 29.7 Å². The standard InChI is InChI=1S/C15H13ClF2N2O2/c1-8(14(21)9-2-4-11(17)12(18)6-9)20-15(22)13-5-3-10(16)7-19-13/h2-8,14,21H,1H3,(H,20,22). The minimum atomic E-state index is -1.19. The largest absolute Gasteiger partial charge is 0.386 e. The van der Waals surface area contributed by atoms with Crippen LogP contribution in [0.25, 0.3) is 0 Å². The lowest BCUT2D eigenvalue weighted by Crippen LogP contribution is -2.37. The van der Waals surface area contributed by atoms with Crippen LogP contribution in [0.1, 0.15) is 29.1 Å². The number of pyridine rings is 1. The van der Waals surface area contributed by atoms with Crippen molar-refractivity contribution in [3.05, 3.63) is 64.4 Å². The van der Waals surface area contributed by atoms with E-state index in [0.29, 0.717) is 5.02 Å². The molecular weight excluding hydrogens is 314 g/mol. The number of hydrogen-bond acceptors (Lipinski definition) is 3. The highest BCUT2D eigenvalue weighted by Gasteiger charge is 2.20. The molecule has 2 atom stereocenters. The van der Waals surface area contributed by atoms with Crippen LogP contribution in [0, 0.1) is 11.6 Å². The Kier molecular flexibility index (Phi) is 5.05. The normalized spacial score (nSPS) is 13.5. The lowest BCUT2D eigenvalue weighted by atomic mass is 10.0. The summed E-state index contributed by atoms with van der Waals surface area (Å²) in [6.45, 7) is 1.54. The van der Waals surface area contributed by atoms with E-state index in [0.717, 1.165) is 12.1 Å². The fourth-order valence-corrected chi connectivity index (χ4v) is 1.97. The van der Waals surface area contributed by atoms with Crippen molar-refractivity contribution in [2.45, 2.75) is 19.1 Å². The van der Waals surface area contributed by atoms with Crippen LogP contribution in [0.2, 0.25) is 5.02 Å². The molecule has 0 bridgehead atoms. The van der Waals surface area contributed by atoms with E-state index in [1.165, 1.54) is 24.4 Å². The van der Waals surface area contributed by atoms with Crippen molar-refractivity contribution in [3.63, 3.8) is 0 Å². The molecule has 0 fully saturated rings. The minimum absolute atomic E-state index is 0.133. The average molecular weight is 327 g/mol. The maximum absolute atomic E-state index is 13.2. The van der Waals surface area contributed by atoms with Gasteiger partial charge in [0, 0.05) is 6.20 Å². The van der Waals surface area contributed by atoms with Gasteiger partial charge in [0.15, 0.2) is 11.6 Å². The lowest BCUT2D eigenvalue weighted by Gasteiger charge is -2.20. The molecule has 116 valence electrons. The zero-order valence-electron chi connectivity index (χ0n) is 11.6. The third-order valence-electron chi connectivity index (χ3n) is 3.08. The Balaban J connectivity index is 2.07. The zero-order valence-corrected chi connectivity index (χ0v) is 12.3. The summed E-state index contributed by atoms with van der Waals surface area (Å²) in [6.07, 6.45) is 0.138. The molecule has 0 saturated carbocycles. The van der Waals surface area contributed by atoms with Crippen LogP contribution in [0.15, 0.2) is 36.5 Å². The summed E-state index contributed by atoms with van der Waals surface area (Å²) in [5, 5.41) is 13.0. The fraction of sp³-hybridized carbons (Fsp3) is 0.200. The first-order chi connectivity index (χ1) is 10.4. The van der Waals surface area contributed by atoms with Gasteiger partial charge in [-0.3, -0.25) is 4.79 Å². The van der Waals surface area contributed by atoms with Crippen molar-refractivity contribution < 1.29 is 18.7 Å². The molecule has 1 aromatic carbocycles. The van der Waals surface area contributed by atoms with Gasteiger partial charge < -0.3 is 10.4 Å². The summed E-state index contributed by atoms with van der Waals surface area (Å²) in [7, 11) is 0. The van der Waals surface area contributed by atoms with E-state index in [2.05, 4.69) is 10.3 Å². The SMILES string of the molecule is CC(NC(=O)c1ccc(Cl)cn1)C(O)c1ccc(F)c(F)c1. The molecule has 1 heterocycles.